The molecule has 4 rings (SSSR count). The van der Waals surface area contributed by atoms with Crippen molar-refractivity contribution in [2.24, 2.45) is 7.05 Å². The predicted molar refractivity (Wildman–Crippen MR) is 121 cm³/mol. The van der Waals surface area contributed by atoms with Crippen LogP contribution < -0.4 is 0 Å². The van der Waals surface area contributed by atoms with E-state index in [0.29, 0.717) is 5.16 Å². The predicted octanol–water partition coefficient (Wildman–Crippen LogP) is 5.14. The number of benzene rings is 2. The number of thioether (sulfide) groups is 1. The Hall–Kier alpha value is -3.25. The molecule has 2 aromatic heterocycles. The molecule has 0 saturated carbocycles. The lowest BCUT2D eigenvalue weighted by Gasteiger charge is -2.09. The van der Waals surface area contributed by atoms with Crippen molar-refractivity contribution in [3.05, 3.63) is 83.7 Å². The second-order valence-corrected chi connectivity index (χ2v) is 8.02. The molecule has 0 fully saturated rings. The van der Waals surface area contributed by atoms with E-state index in [-0.39, 0.29) is 11.5 Å². The first-order chi connectivity index (χ1) is 14.5. The number of rotatable bonds is 6. The number of ketones is 1. The smallest absolute Gasteiger partial charge is 0.210 e. The lowest BCUT2D eigenvalue weighted by Crippen LogP contribution is -2.06. The summed E-state index contributed by atoms with van der Waals surface area (Å²) < 4.78 is 2.03. The van der Waals surface area contributed by atoms with Crippen LogP contribution in [0.4, 0.5) is 0 Å². The van der Waals surface area contributed by atoms with E-state index in [9.17, 15) is 4.79 Å². The van der Waals surface area contributed by atoms with Gasteiger partial charge in [-0.25, -0.2) is 4.98 Å². The van der Waals surface area contributed by atoms with E-state index in [2.05, 4.69) is 10.2 Å². The van der Waals surface area contributed by atoms with Crippen molar-refractivity contribution in [3.63, 3.8) is 0 Å². The Morgan fingerprint density at radius 3 is 2.07 bits per heavy atom. The zero-order chi connectivity index (χ0) is 21.1. The first-order valence-corrected chi connectivity index (χ1v) is 10.7. The molecule has 150 valence electrons. The van der Waals surface area contributed by atoms with E-state index in [0.717, 1.165) is 39.5 Å². The highest BCUT2D eigenvalue weighted by atomic mass is 32.2. The van der Waals surface area contributed by atoms with Crippen LogP contribution in [0.25, 0.3) is 22.5 Å². The largest absolute Gasteiger partial charge is 0.351 e. The SMILES string of the molecule is Cc1cc(C(=O)CSc2nnc(-c3ccccc3)c(-c3ccccc3)n2)c(C)n1C. The number of nitrogens with zero attached hydrogens (tertiary/aromatic N) is 4. The number of hydrogen-bond acceptors (Lipinski definition) is 5. The molecular weight excluding hydrogens is 392 g/mol. The van der Waals surface area contributed by atoms with Crippen LogP contribution in [-0.2, 0) is 7.05 Å². The van der Waals surface area contributed by atoms with Gasteiger partial charge in [0.05, 0.1) is 5.75 Å². The Bertz CT molecular complexity index is 1190. The summed E-state index contributed by atoms with van der Waals surface area (Å²) in [5, 5.41) is 9.25. The average Bonchev–Trinajstić information content (AvgIpc) is 3.06. The third-order valence-electron chi connectivity index (χ3n) is 5.17. The second kappa shape index (κ2) is 8.63. The molecule has 0 atom stereocenters. The summed E-state index contributed by atoms with van der Waals surface area (Å²) >= 11 is 1.32. The fourth-order valence-electron chi connectivity index (χ4n) is 3.31. The number of carbonyl (C=O) groups is 1. The maximum atomic E-state index is 12.7. The summed E-state index contributed by atoms with van der Waals surface area (Å²) in [6, 6.07) is 21.8. The van der Waals surface area contributed by atoms with Crippen molar-refractivity contribution in [1.29, 1.82) is 0 Å². The molecule has 0 aliphatic heterocycles. The molecule has 0 N–H and O–H groups in total. The molecule has 0 unspecified atom stereocenters. The van der Waals surface area contributed by atoms with Crippen LogP contribution in [0.3, 0.4) is 0 Å². The zero-order valence-corrected chi connectivity index (χ0v) is 18.0. The number of hydrogen-bond donors (Lipinski definition) is 0. The minimum atomic E-state index is 0.0678. The number of Topliss-reactive ketones (excluding diaryl/α,β-unsaturated/α-hetero) is 1. The van der Waals surface area contributed by atoms with Crippen LogP contribution in [0.5, 0.6) is 0 Å². The van der Waals surface area contributed by atoms with E-state index in [1.165, 1.54) is 11.8 Å². The van der Waals surface area contributed by atoms with Gasteiger partial charge in [0.2, 0.25) is 5.16 Å². The molecule has 0 aliphatic rings. The summed E-state index contributed by atoms with van der Waals surface area (Å²) in [5.41, 5.74) is 6.21. The molecule has 0 bridgehead atoms. The fourth-order valence-corrected chi connectivity index (χ4v) is 3.98. The van der Waals surface area contributed by atoms with Gasteiger partial charge in [0, 0.05) is 35.1 Å². The number of aromatic nitrogens is 4. The summed E-state index contributed by atoms with van der Waals surface area (Å²) in [6.07, 6.45) is 0. The summed E-state index contributed by atoms with van der Waals surface area (Å²) in [7, 11) is 1.97. The van der Waals surface area contributed by atoms with Crippen molar-refractivity contribution >= 4 is 17.5 Å². The van der Waals surface area contributed by atoms with E-state index in [1.807, 2.05) is 92.2 Å². The Kier molecular flexibility index (Phi) is 5.77. The maximum Gasteiger partial charge on any atom is 0.210 e. The molecule has 0 radical (unpaired) electrons. The van der Waals surface area contributed by atoms with E-state index < -0.39 is 0 Å². The van der Waals surface area contributed by atoms with Crippen molar-refractivity contribution in [3.8, 4) is 22.5 Å². The first-order valence-electron chi connectivity index (χ1n) is 9.69. The molecule has 2 aromatic carbocycles. The minimum absolute atomic E-state index is 0.0678. The fraction of sp³-hybridized carbons (Fsp3) is 0.167. The first kappa shape index (κ1) is 20.0. The quantitative estimate of drug-likeness (QED) is 0.323. The number of carbonyl (C=O) groups excluding carboxylic acids is 1. The lowest BCUT2D eigenvalue weighted by molar-refractivity contribution is 0.102. The summed E-state index contributed by atoms with van der Waals surface area (Å²) in [6.45, 7) is 3.96. The Morgan fingerprint density at radius 1 is 0.900 bits per heavy atom. The molecule has 0 saturated heterocycles. The minimum Gasteiger partial charge on any atom is -0.351 e. The Labute approximate surface area is 180 Å². The normalized spacial score (nSPS) is 10.9. The van der Waals surface area contributed by atoms with E-state index >= 15 is 0 Å². The van der Waals surface area contributed by atoms with Crippen LogP contribution in [-0.4, -0.2) is 31.3 Å². The summed E-state index contributed by atoms with van der Waals surface area (Å²) in [5.74, 6) is 0.337. The van der Waals surface area contributed by atoms with Crippen molar-refractivity contribution < 1.29 is 4.79 Å². The molecule has 0 spiro atoms. The van der Waals surface area contributed by atoms with Crippen molar-refractivity contribution in [1.82, 2.24) is 19.7 Å². The highest BCUT2D eigenvalue weighted by Crippen LogP contribution is 2.30. The van der Waals surface area contributed by atoms with E-state index in [4.69, 9.17) is 4.98 Å². The van der Waals surface area contributed by atoms with Gasteiger partial charge in [-0.05, 0) is 19.9 Å². The molecular formula is C24H22N4OS. The van der Waals surface area contributed by atoms with Crippen LogP contribution in [0, 0.1) is 13.8 Å². The highest BCUT2D eigenvalue weighted by Gasteiger charge is 2.17. The topological polar surface area (TPSA) is 60.7 Å². The average molecular weight is 415 g/mol. The third-order valence-corrected chi connectivity index (χ3v) is 6.01. The monoisotopic (exact) mass is 414 g/mol. The van der Waals surface area contributed by atoms with Gasteiger partial charge in [0.1, 0.15) is 11.4 Å². The van der Waals surface area contributed by atoms with Gasteiger partial charge in [-0.1, -0.05) is 72.4 Å². The number of aryl methyl sites for hydroxylation is 1. The van der Waals surface area contributed by atoms with Gasteiger partial charge in [-0.2, -0.15) is 0 Å². The van der Waals surface area contributed by atoms with Crippen molar-refractivity contribution in [2.45, 2.75) is 19.0 Å². The molecule has 2 heterocycles. The van der Waals surface area contributed by atoms with Gasteiger partial charge >= 0.3 is 0 Å². The molecule has 0 aliphatic carbocycles. The van der Waals surface area contributed by atoms with Gasteiger partial charge in [-0.3, -0.25) is 4.79 Å². The zero-order valence-electron chi connectivity index (χ0n) is 17.2. The van der Waals surface area contributed by atoms with Gasteiger partial charge < -0.3 is 4.57 Å². The second-order valence-electron chi connectivity index (χ2n) is 7.08. The van der Waals surface area contributed by atoms with E-state index in [1.54, 1.807) is 0 Å². The third kappa shape index (κ3) is 4.04. The molecule has 30 heavy (non-hydrogen) atoms. The van der Waals surface area contributed by atoms with Crippen molar-refractivity contribution in [2.75, 3.05) is 5.75 Å². The molecule has 6 heteroatoms. The van der Waals surface area contributed by atoms with Gasteiger partial charge in [0.15, 0.2) is 5.78 Å². The standard InChI is InChI=1S/C24H22N4OS/c1-16-14-20(17(2)28(16)3)21(29)15-30-24-25-22(18-10-6-4-7-11-18)23(26-27-24)19-12-8-5-9-13-19/h4-14H,15H2,1-3H3. The molecule has 0 amide bonds. The van der Waals surface area contributed by atoms with Crippen LogP contribution in [0.1, 0.15) is 21.7 Å². The Balaban J connectivity index is 1.63. The van der Waals surface area contributed by atoms with Crippen LogP contribution >= 0.6 is 11.8 Å². The van der Waals surface area contributed by atoms with Crippen LogP contribution in [0.15, 0.2) is 71.9 Å². The maximum absolute atomic E-state index is 12.7. The molecule has 4 aromatic rings. The highest BCUT2D eigenvalue weighted by molar-refractivity contribution is 7.99. The van der Waals surface area contributed by atoms with Crippen LogP contribution in [0.2, 0.25) is 0 Å². The lowest BCUT2D eigenvalue weighted by atomic mass is 10.0. The van der Waals surface area contributed by atoms with Gasteiger partial charge in [0.25, 0.3) is 0 Å². The van der Waals surface area contributed by atoms with Gasteiger partial charge in [-0.15, -0.1) is 10.2 Å². The molecule has 5 nitrogen and oxygen atoms in total. The Morgan fingerprint density at radius 2 is 1.50 bits per heavy atom. The summed E-state index contributed by atoms with van der Waals surface area (Å²) in [4.78, 5) is 17.5.